The minimum absolute atomic E-state index is 0.0584. The Balaban J connectivity index is 1.73. The number of benzene rings is 2. The van der Waals surface area contributed by atoms with E-state index in [1.165, 1.54) is 33.5 Å². The van der Waals surface area contributed by atoms with Crippen molar-refractivity contribution in [3.05, 3.63) is 53.1 Å². The molecule has 1 aliphatic heterocycles. The van der Waals surface area contributed by atoms with Crippen LogP contribution in [0.2, 0.25) is 5.02 Å². The summed E-state index contributed by atoms with van der Waals surface area (Å²) in [6, 6.07) is 7.52. The first-order valence-electron chi connectivity index (χ1n) is 9.94. The van der Waals surface area contributed by atoms with E-state index in [4.69, 9.17) is 11.6 Å². The van der Waals surface area contributed by atoms with Crippen molar-refractivity contribution in [2.45, 2.75) is 30.6 Å². The number of carbonyl (C=O) groups is 1. The maximum absolute atomic E-state index is 13.4. The zero-order valence-electron chi connectivity index (χ0n) is 17.1. The van der Waals surface area contributed by atoms with Crippen molar-refractivity contribution in [3.63, 3.8) is 0 Å². The Morgan fingerprint density at radius 2 is 1.74 bits per heavy atom. The summed E-state index contributed by atoms with van der Waals surface area (Å²) in [5.41, 5.74) is 0.485. The third-order valence-corrected chi connectivity index (χ3v) is 7.36. The SMILES string of the molecule is CN(CC(=O)Nc1cc(S(=O)(=O)N2CCCCCC2)ccc1Cl)c1ccc(F)c(F)c1. The molecule has 1 saturated heterocycles. The summed E-state index contributed by atoms with van der Waals surface area (Å²) in [4.78, 5) is 14.0. The molecule has 0 unspecified atom stereocenters. The molecule has 0 spiro atoms. The predicted molar refractivity (Wildman–Crippen MR) is 117 cm³/mol. The normalized spacial score (nSPS) is 15.4. The van der Waals surface area contributed by atoms with Crippen molar-refractivity contribution in [2.75, 3.05) is 36.9 Å². The van der Waals surface area contributed by atoms with Gasteiger partial charge in [0, 0.05) is 31.9 Å². The molecule has 10 heteroatoms. The minimum Gasteiger partial charge on any atom is -0.365 e. The number of hydrogen-bond donors (Lipinski definition) is 1. The van der Waals surface area contributed by atoms with Crippen LogP contribution in [0.25, 0.3) is 0 Å². The third kappa shape index (κ3) is 5.72. The average molecular weight is 472 g/mol. The van der Waals surface area contributed by atoms with Crippen molar-refractivity contribution >= 4 is 38.9 Å². The highest BCUT2D eigenvalue weighted by Gasteiger charge is 2.26. The molecule has 1 N–H and O–H groups in total. The molecule has 3 rings (SSSR count). The van der Waals surface area contributed by atoms with E-state index >= 15 is 0 Å². The molecule has 1 amide bonds. The van der Waals surface area contributed by atoms with Gasteiger partial charge in [0.2, 0.25) is 15.9 Å². The van der Waals surface area contributed by atoms with Gasteiger partial charge in [-0.1, -0.05) is 24.4 Å². The molecule has 6 nitrogen and oxygen atoms in total. The van der Waals surface area contributed by atoms with Gasteiger partial charge in [0.25, 0.3) is 0 Å². The van der Waals surface area contributed by atoms with Crippen molar-refractivity contribution in [3.8, 4) is 0 Å². The number of anilines is 2. The fraction of sp³-hybridized carbons (Fsp3) is 0.381. The van der Waals surface area contributed by atoms with Gasteiger partial charge in [0.15, 0.2) is 11.6 Å². The number of hydrogen-bond acceptors (Lipinski definition) is 4. The van der Waals surface area contributed by atoms with Crippen LogP contribution in [0.5, 0.6) is 0 Å². The van der Waals surface area contributed by atoms with E-state index in [1.807, 2.05) is 0 Å². The largest absolute Gasteiger partial charge is 0.365 e. The molecular weight excluding hydrogens is 448 g/mol. The summed E-state index contributed by atoms with van der Waals surface area (Å²) in [6.07, 6.45) is 3.62. The average Bonchev–Trinajstić information content (AvgIpc) is 3.01. The quantitative estimate of drug-likeness (QED) is 0.683. The van der Waals surface area contributed by atoms with Crippen molar-refractivity contribution in [2.24, 2.45) is 0 Å². The zero-order valence-corrected chi connectivity index (χ0v) is 18.6. The Morgan fingerprint density at radius 3 is 2.39 bits per heavy atom. The maximum atomic E-state index is 13.4. The fourth-order valence-electron chi connectivity index (χ4n) is 3.41. The van der Waals surface area contributed by atoms with Crippen LogP contribution >= 0.6 is 11.6 Å². The molecule has 31 heavy (non-hydrogen) atoms. The summed E-state index contributed by atoms with van der Waals surface area (Å²) in [5.74, 6) is -2.48. The van der Waals surface area contributed by atoms with Gasteiger partial charge in [-0.15, -0.1) is 0 Å². The fourth-order valence-corrected chi connectivity index (χ4v) is 5.12. The molecule has 1 heterocycles. The van der Waals surface area contributed by atoms with E-state index in [0.29, 0.717) is 18.8 Å². The lowest BCUT2D eigenvalue weighted by Crippen LogP contribution is -2.32. The number of sulfonamides is 1. The Kier molecular flexibility index (Phi) is 7.51. The number of carbonyl (C=O) groups excluding carboxylic acids is 1. The van der Waals surface area contributed by atoms with E-state index in [-0.39, 0.29) is 22.2 Å². The number of rotatable bonds is 6. The third-order valence-electron chi connectivity index (χ3n) is 5.14. The molecule has 0 radical (unpaired) electrons. The number of halogens is 3. The Morgan fingerprint density at radius 1 is 1.06 bits per heavy atom. The molecule has 0 atom stereocenters. The summed E-state index contributed by atoms with van der Waals surface area (Å²) in [6.45, 7) is 0.752. The van der Waals surface area contributed by atoms with E-state index < -0.39 is 27.6 Å². The van der Waals surface area contributed by atoms with Crippen molar-refractivity contribution in [1.82, 2.24) is 4.31 Å². The molecule has 2 aromatic rings. The van der Waals surface area contributed by atoms with Crippen LogP contribution in [0.4, 0.5) is 20.2 Å². The Hall–Kier alpha value is -2.23. The Bertz CT molecular complexity index is 1060. The molecule has 0 aromatic heterocycles. The van der Waals surface area contributed by atoms with Crippen LogP contribution in [0.1, 0.15) is 25.7 Å². The number of nitrogens with zero attached hydrogens (tertiary/aromatic N) is 2. The molecule has 2 aromatic carbocycles. The van der Waals surface area contributed by atoms with Gasteiger partial charge in [-0.2, -0.15) is 4.31 Å². The standard InChI is InChI=1S/C21H24ClF2N3O3S/c1-26(15-6-9-18(23)19(24)12-15)14-21(28)25-20-13-16(7-8-17(20)22)31(29,30)27-10-4-2-3-5-11-27/h6-9,12-13H,2-5,10-11,14H2,1H3,(H,25,28). The highest BCUT2D eigenvalue weighted by molar-refractivity contribution is 7.89. The molecule has 0 aliphatic carbocycles. The minimum atomic E-state index is -3.70. The molecule has 168 valence electrons. The van der Waals surface area contributed by atoms with Gasteiger partial charge in [-0.25, -0.2) is 17.2 Å². The number of amides is 1. The van der Waals surface area contributed by atoms with Crippen molar-refractivity contribution in [1.29, 1.82) is 0 Å². The monoisotopic (exact) mass is 471 g/mol. The van der Waals surface area contributed by atoms with Crippen molar-refractivity contribution < 1.29 is 22.0 Å². The number of nitrogens with one attached hydrogen (secondary N) is 1. The summed E-state index contributed by atoms with van der Waals surface area (Å²) >= 11 is 6.17. The van der Waals surface area contributed by atoms with Crippen LogP contribution < -0.4 is 10.2 Å². The lowest BCUT2D eigenvalue weighted by molar-refractivity contribution is -0.114. The van der Waals surface area contributed by atoms with Crippen LogP contribution in [0.15, 0.2) is 41.3 Å². The summed E-state index contributed by atoms with van der Waals surface area (Å²) in [7, 11) is -2.15. The zero-order chi connectivity index (χ0) is 22.6. The van der Waals surface area contributed by atoms with Crippen LogP contribution in [0, 0.1) is 11.6 Å². The highest BCUT2D eigenvalue weighted by atomic mass is 35.5. The first-order valence-corrected chi connectivity index (χ1v) is 11.8. The predicted octanol–water partition coefficient (Wildman–Crippen LogP) is 4.26. The van der Waals surface area contributed by atoms with E-state index in [9.17, 15) is 22.0 Å². The van der Waals surface area contributed by atoms with Gasteiger partial charge < -0.3 is 10.2 Å². The van der Waals surface area contributed by atoms with Gasteiger partial charge in [-0.3, -0.25) is 4.79 Å². The summed E-state index contributed by atoms with van der Waals surface area (Å²) < 4.78 is 54.0. The van der Waals surface area contributed by atoms with Gasteiger partial charge in [0.1, 0.15) is 0 Å². The Labute approximate surface area is 185 Å². The first-order chi connectivity index (χ1) is 14.7. The second kappa shape index (κ2) is 9.93. The van der Waals surface area contributed by atoms with Gasteiger partial charge in [-0.05, 0) is 43.2 Å². The van der Waals surface area contributed by atoms with Gasteiger partial charge in [0.05, 0.1) is 22.2 Å². The second-order valence-corrected chi connectivity index (χ2v) is 9.81. The van der Waals surface area contributed by atoms with E-state index in [2.05, 4.69) is 5.32 Å². The summed E-state index contributed by atoms with van der Waals surface area (Å²) in [5, 5.41) is 2.79. The van der Waals surface area contributed by atoms with Crippen LogP contribution in [-0.2, 0) is 14.8 Å². The topological polar surface area (TPSA) is 69.7 Å². The first kappa shape index (κ1) is 23.4. The smallest absolute Gasteiger partial charge is 0.243 e. The number of likely N-dealkylation sites (N-methyl/N-ethyl adjacent to an activating group) is 1. The highest BCUT2D eigenvalue weighted by Crippen LogP contribution is 2.28. The molecule has 1 fully saturated rings. The molecule has 0 bridgehead atoms. The van der Waals surface area contributed by atoms with Crippen LogP contribution in [0.3, 0.4) is 0 Å². The van der Waals surface area contributed by atoms with Gasteiger partial charge >= 0.3 is 0 Å². The second-order valence-electron chi connectivity index (χ2n) is 7.46. The van der Waals surface area contributed by atoms with E-state index in [0.717, 1.165) is 37.8 Å². The van der Waals surface area contributed by atoms with Crippen LogP contribution in [-0.4, -0.2) is 45.3 Å². The maximum Gasteiger partial charge on any atom is 0.243 e. The lowest BCUT2D eigenvalue weighted by atomic mass is 10.2. The molecule has 1 aliphatic rings. The molecular formula is C21H24ClF2N3O3S. The lowest BCUT2D eigenvalue weighted by Gasteiger charge is -2.21. The molecule has 0 saturated carbocycles. The van der Waals surface area contributed by atoms with E-state index in [1.54, 1.807) is 7.05 Å².